The number of hydrogen-bond acceptors (Lipinski definition) is 2. The van der Waals surface area contributed by atoms with Crippen LogP contribution in [-0.2, 0) is 22.4 Å². The first-order valence-corrected chi connectivity index (χ1v) is 6.19. The van der Waals surface area contributed by atoms with Crippen LogP contribution in [0.2, 0.25) is 0 Å². The van der Waals surface area contributed by atoms with Crippen LogP contribution in [0.5, 0.6) is 0 Å². The molecule has 1 aliphatic carbocycles. The minimum atomic E-state index is -0.233. The molecular formula is C15H18O2. The molecule has 2 nitrogen and oxygen atoms in total. The van der Waals surface area contributed by atoms with Crippen molar-refractivity contribution in [2.24, 2.45) is 5.92 Å². The van der Waals surface area contributed by atoms with E-state index in [9.17, 15) is 4.79 Å². The second-order valence-electron chi connectivity index (χ2n) is 4.43. The standard InChI is InChI=1S/C15H18O2/c1-2-17-15(16)9-5-6-12-10-13-7-3-4-8-14(13)11-12/h3-5,7-9,12H,2,6,10-11H2,1H3/b9-5+. The molecule has 2 rings (SSSR count). The number of rotatable bonds is 4. The van der Waals surface area contributed by atoms with Gasteiger partial charge in [0.05, 0.1) is 6.61 Å². The minimum Gasteiger partial charge on any atom is -0.463 e. The zero-order valence-corrected chi connectivity index (χ0v) is 10.2. The van der Waals surface area contributed by atoms with E-state index >= 15 is 0 Å². The average molecular weight is 230 g/mol. The molecule has 0 amide bonds. The van der Waals surface area contributed by atoms with Crippen molar-refractivity contribution < 1.29 is 9.53 Å². The van der Waals surface area contributed by atoms with Gasteiger partial charge in [-0.2, -0.15) is 0 Å². The Balaban J connectivity index is 1.82. The molecule has 1 aliphatic rings. The van der Waals surface area contributed by atoms with Gasteiger partial charge < -0.3 is 4.74 Å². The summed E-state index contributed by atoms with van der Waals surface area (Å²) in [7, 11) is 0. The predicted molar refractivity (Wildman–Crippen MR) is 67.7 cm³/mol. The Bertz CT molecular complexity index is 396. The van der Waals surface area contributed by atoms with Crippen LogP contribution in [0.1, 0.15) is 24.5 Å². The third-order valence-corrected chi connectivity index (χ3v) is 3.15. The van der Waals surface area contributed by atoms with E-state index in [0.717, 1.165) is 19.3 Å². The molecule has 90 valence electrons. The molecule has 0 radical (unpaired) electrons. The molecule has 0 aliphatic heterocycles. The normalized spacial score (nSPS) is 15.1. The summed E-state index contributed by atoms with van der Waals surface area (Å²) in [5.41, 5.74) is 2.92. The lowest BCUT2D eigenvalue weighted by molar-refractivity contribution is -0.137. The van der Waals surface area contributed by atoms with Crippen LogP contribution in [-0.4, -0.2) is 12.6 Å². The van der Waals surface area contributed by atoms with Gasteiger partial charge in [0.1, 0.15) is 0 Å². The monoisotopic (exact) mass is 230 g/mol. The molecule has 0 aromatic heterocycles. The molecule has 0 fully saturated rings. The Hall–Kier alpha value is -1.57. The zero-order valence-electron chi connectivity index (χ0n) is 10.2. The highest BCUT2D eigenvalue weighted by Gasteiger charge is 2.19. The number of carbonyl (C=O) groups is 1. The summed E-state index contributed by atoms with van der Waals surface area (Å²) in [5.74, 6) is 0.404. The molecule has 0 saturated carbocycles. The van der Waals surface area contributed by atoms with Crippen molar-refractivity contribution in [1.29, 1.82) is 0 Å². The van der Waals surface area contributed by atoms with Gasteiger partial charge in [-0.05, 0) is 43.2 Å². The van der Waals surface area contributed by atoms with Crippen molar-refractivity contribution in [2.75, 3.05) is 6.61 Å². The summed E-state index contributed by atoms with van der Waals surface area (Å²) in [6, 6.07) is 8.58. The van der Waals surface area contributed by atoms with Crippen LogP contribution >= 0.6 is 0 Å². The lowest BCUT2D eigenvalue weighted by Crippen LogP contribution is -2.01. The van der Waals surface area contributed by atoms with Crippen LogP contribution in [0.3, 0.4) is 0 Å². The lowest BCUT2D eigenvalue weighted by Gasteiger charge is -2.03. The van der Waals surface area contributed by atoms with Crippen LogP contribution in [0.25, 0.3) is 0 Å². The lowest BCUT2D eigenvalue weighted by atomic mass is 10.0. The van der Waals surface area contributed by atoms with Crippen LogP contribution in [0.4, 0.5) is 0 Å². The van der Waals surface area contributed by atoms with E-state index in [1.165, 1.54) is 11.1 Å². The summed E-state index contributed by atoms with van der Waals surface area (Å²) in [6.07, 6.45) is 6.70. The van der Waals surface area contributed by atoms with Crippen molar-refractivity contribution in [3.63, 3.8) is 0 Å². The maximum absolute atomic E-state index is 11.1. The van der Waals surface area contributed by atoms with Crippen molar-refractivity contribution in [3.8, 4) is 0 Å². The molecule has 0 atom stereocenters. The molecule has 17 heavy (non-hydrogen) atoms. The van der Waals surface area contributed by atoms with E-state index in [0.29, 0.717) is 12.5 Å². The van der Waals surface area contributed by atoms with Gasteiger partial charge in [-0.1, -0.05) is 30.3 Å². The van der Waals surface area contributed by atoms with Gasteiger partial charge in [0, 0.05) is 6.08 Å². The van der Waals surface area contributed by atoms with E-state index in [-0.39, 0.29) is 5.97 Å². The summed E-state index contributed by atoms with van der Waals surface area (Å²) in [5, 5.41) is 0. The highest BCUT2D eigenvalue weighted by atomic mass is 16.5. The number of benzene rings is 1. The van der Waals surface area contributed by atoms with E-state index < -0.39 is 0 Å². The van der Waals surface area contributed by atoms with Crippen LogP contribution in [0, 0.1) is 5.92 Å². The summed E-state index contributed by atoms with van der Waals surface area (Å²) in [4.78, 5) is 11.1. The number of hydrogen-bond donors (Lipinski definition) is 0. The second-order valence-corrected chi connectivity index (χ2v) is 4.43. The molecule has 2 heteroatoms. The van der Waals surface area contributed by atoms with Crippen molar-refractivity contribution in [1.82, 2.24) is 0 Å². The van der Waals surface area contributed by atoms with E-state index in [1.807, 2.05) is 13.0 Å². The highest BCUT2D eigenvalue weighted by Crippen LogP contribution is 2.28. The minimum absolute atomic E-state index is 0.233. The summed E-state index contributed by atoms with van der Waals surface area (Å²) >= 11 is 0. The molecule has 0 spiro atoms. The Morgan fingerprint density at radius 1 is 1.35 bits per heavy atom. The third-order valence-electron chi connectivity index (χ3n) is 3.15. The van der Waals surface area contributed by atoms with Crippen LogP contribution < -0.4 is 0 Å². The molecule has 0 heterocycles. The van der Waals surface area contributed by atoms with Gasteiger partial charge in [0.15, 0.2) is 0 Å². The Morgan fingerprint density at radius 2 is 2.00 bits per heavy atom. The number of carbonyl (C=O) groups excluding carboxylic acids is 1. The zero-order chi connectivity index (χ0) is 12.1. The number of ether oxygens (including phenoxy) is 1. The SMILES string of the molecule is CCOC(=O)/C=C/CC1Cc2ccccc2C1. The van der Waals surface area contributed by atoms with Crippen LogP contribution in [0.15, 0.2) is 36.4 Å². The first-order valence-electron chi connectivity index (χ1n) is 6.19. The molecular weight excluding hydrogens is 212 g/mol. The smallest absolute Gasteiger partial charge is 0.330 e. The Morgan fingerprint density at radius 3 is 2.59 bits per heavy atom. The van der Waals surface area contributed by atoms with Gasteiger partial charge >= 0.3 is 5.97 Å². The summed E-state index contributed by atoms with van der Waals surface area (Å²) in [6.45, 7) is 2.26. The second kappa shape index (κ2) is 5.67. The first kappa shape index (κ1) is 11.9. The van der Waals surface area contributed by atoms with E-state index in [4.69, 9.17) is 4.74 Å². The third kappa shape index (κ3) is 3.19. The molecule has 0 saturated heterocycles. The molecule has 1 aromatic carbocycles. The van der Waals surface area contributed by atoms with E-state index in [1.54, 1.807) is 6.08 Å². The molecule has 0 bridgehead atoms. The van der Waals surface area contributed by atoms with E-state index in [2.05, 4.69) is 24.3 Å². The Labute approximate surface area is 102 Å². The number of esters is 1. The first-order chi connectivity index (χ1) is 8.29. The molecule has 1 aromatic rings. The van der Waals surface area contributed by atoms with Gasteiger partial charge in [0.25, 0.3) is 0 Å². The topological polar surface area (TPSA) is 26.3 Å². The predicted octanol–water partition coefficient (Wildman–Crippen LogP) is 2.91. The number of allylic oxidation sites excluding steroid dienone is 1. The Kier molecular flexibility index (Phi) is 3.97. The van der Waals surface area contributed by atoms with Crippen molar-refractivity contribution >= 4 is 5.97 Å². The average Bonchev–Trinajstić information content (AvgIpc) is 2.71. The highest BCUT2D eigenvalue weighted by molar-refractivity contribution is 5.81. The maximum Gasteiger partial charge on any atom is 0.330 e. The van der Waals surface area contributed by atoms with Gasteiger partial charge in [0.2, 0.25) is 0 Å². The van der Waals surface area contributed by atoms with Gasteiger partial charge in [-0.25, -0.2) is 4.79 Å². The molecule has 0 N–H and O–H groups in total. The fourth-order valence-corrected chi connectivity index (χ4v) is 2.36. The van der Waals surface area contributed by atoms with Gasteiger partial charge in [-0.15, -0.1) is 0 Å². The van der Waals surface area contributed by atoms with Gasteiger partial charge in [-0.3, -0.25) is 0 Å². The molecule has 0 unspecified atom stereocenters. The van der Waals surface area contributed by atoms with Crippen molar-refractivity contribution in [3.05, 3.63) is 47.5 Å². The fraction of sp³-hybridized carbons (Fsp3) is 0.400. The maximum atomic E-state index is 11.1. The quantitative estimate of drug-likeness (QED) is 0.587. The number of fused-ring (bicyclic) bond motifs is 1. The fourth-order valence-electron chi connectivity index (χ4n) is 2.36. The largest absolute Gasteiger partial charge is 0.463 e. The van der Waals surface area contributed by atoms with Crippen molar-refractivity contribution in [2.45, 2.75) is 26.2 Å². The summed E-state index contributed by atoms with van der Waals surface area (Å²) < 4.78 is 4.84.